The van der Waals surface area contributed by atoms with Gasteiger partial charge in [-0.25, -0.2) is 4.99 Å². The van der Waals surface area contributed by atoms with E-state index >= 15 is 0 Å². The first kappa shape index (κ1) is 17.6. The largest absolute Gasteiger partial charge is 0.391 e. The third-order valence-electron chi connectivity index (χ3n) is 5.72. The number of nitriles is 1. The molecule has 138 valence electrons. The number of hydrogen-bond acceptors (Lipinski definition) is 6. The predicted molar refractivity (Wildman–Crippen MR) is 106 cm³/mol. The third-order valence-corrected chi connectivity index (χ3v) is 6.86. The van der Waals surface area contributed by atoms with Gasteiger partial charge >= 0.3 is 0 Å². The van der Waals surface area contributed by atoms with Crippen LogP contribution in [-0.2, 0) is 15.7 Å². The van der Waals surface area contributed by atoms with Gasteiger partial charge in [0, 0.05) is 11.9 Å². The number of carbonyl (C=O) groups excluding carboxylic acids is 1. The van der Waals surface area contributed by atoms with Gasteiger partial charge in [0.1, 0.15) is 5.54 Å². The number of amides is 1. The maximum Gasteiger partial charge on any atom is 0.239 e. The Kier molecular flexibility index (Phi) is 3.79. The average Bonchev–Trinajstić information content (AvgIpc) is 3.33. The average molecular weight is 379 g/mol. The first-order chi connectivity index (χ1) is 12.8. The number of nitrogens with two attached hydrogens (primary N) is 2. The van der Waals surface area contributed by atoms with E-state index in [0.29, 0.717) is 5.00 Å². The van der Waals surface area contributed by atoms with Gasteiger partial charge < -0.3 is 11.5 Å². The smallest absolute Gasteiger partial charge is 0.239 e. The summed E-state index contributed by atoms with van der Waals surface area (Å²) < 4.78 is 0. The number of aliphatic imine (C=N–C) groups is 1. The number of guanidine groups is 1. The summed E-state index contributed by atoms with van der Waals surface area (Å²) in [6, 6.07) is 13.9. The van der Waals surface area contributed by atoms with Crippen LogP contribution in [0.1, 0.15) is 41.7 Å². The van der Waals surface area contributed by atoms with Crippen molar-refractivity contribution in [2.45, 2.75) is 36.6 Å². The molecule has 2 atom stereocenters. The summed E-state index contributed by atoms with van der Waals surface area (Å²) in [6.45, 7) is 1.92. The van der Waals surface area contributed by atoms with Crippen molar-refractivity contribution >= 4 is 28.2 Å². The molecule has 0 radical (unpaired) electrons. The molecule has 4 rings (SSSR count). The molecule has 1 aromatic carbocycles. The van der Waals surface area contributed by atoms with Gasteiger partial charge in [-0.1, -0.05) is 24.3 Å². The number of anilines is 1. The molecule has 6 nitrogen and oxygen atoms in total. The minimum Gasteiger partial charge on any atom is -0.391 e. The first-order valence-corrected chi connectivity index (χ1v) is 9.63. The van der Waals surface area contributed by atoms with Crippen LogP contribution in [0.5, 0.6) is 0 Å². The highest BCUT2D eigenvalue weighted by molar-refractivity contribution is 7.16. The van der Waals surface area contributed by atoms with Crippen LogP contribution in [0, 0.1) is 11.3 Å². The van der Waals surface area contributed by atoms with Gasteiger partial charge in [-0.3, -0.25) is 9.69 Å². The van der Waals surface area contributed by atoms with Crippen LogP contribution in [0.3, 0.4) is 0 Å². The van der Waals surface area contributed by atoms with E-state index in [1.807, 2.05) is 43.3 Å². The molecule has 1 aliphatic heterocycles. The lowest BCUT2D eigenvalue weighted by atomic mass is 9.77. The molecule has 2 aromatic rings. The lowest BCUT2D eigenvalue weighted by Gasteiger charge is -2.40. The van der Waals surface area contributed by atoms with Gasteiger partial charge in [-0.15, -0.1) is 11.3 Å². The summed E-state index contributed by atoms with van der Waals surface area (Å²) in [6.07, 6.45) is 1.78. The highest BCUT2D eigenvalue weighted by Gasteiger charge is 2.49. The number of hydrogen-bond donors (Lipinski definition) is 2. The zero-order chi connectivity index (χ0) is 19.4. The number of benzene rings is 1. The molecule has 7 heteroatoms. The van der Waals surface area contributed by atoms with Crippen molar-refractivity contribution in [3.05, 3.63) is 52.4 Å². The Morgan fingerprint density at radius 1 is 1.22 bits per heavy atom. The van der Waals surface area contributed by atoms with Crippen molar-refractivity contribution in [1.82, 2.24) is 4.90 Å². The van der Waals surface area contributed by atoms with Crippen LogP contribution >= 0.6 is 11.3 Å². The van der Waals surface area contributed by atoms with Crippen LogP contribution in [-0.4, -0.2) is 23.8 Å². The molecule has 1 aliphatic carbocycles. The predicted octanol–water partition coefficient (Wildman–Crippen LogP) is 2.67. The SMILES string of the molecule is CN1C(=O)[C@@H](c2ccc(C3(C#N)CC3)cc2)[C@@](C)(c2ccc(N)s2)N=C1N. The standard InChI is InChI=1S/C20H21N5OS/c1-19(14-7-8-15(22)27-14)16(17(26)25(2)18(23)24-19)12-3-5-13(6-4-12)20(11-21)9-10-20/h3-8,16H,9-10,22H2,1-2H3,(H2,23,24)/t16-,19-/m1/s1. The summed E-state index contributed by atoms with van der Waals surface area (Å²) in [5.41, 5.74) is 12.6. The number of likely N-dealkylation sites (N-methyl/N-ethyl adjacent to an activating group) is 1. The lowest BCUT2D eigenvalue weighted by molar-refractivity contribution is -0.130. The Bertz CT molecular complexity index is 983. The zero-order valence-electron chi connectivity index (χ0n) is 15.3. The molecule has 1 saturated carbocycles. The van der Waals surface area contributed by atoms with Gasteiger partial charge in [0.25, 0.3) is 0 Å². The number of rotatable bonds is 3. The Balaban J connectivity index is 1.81. The number of nitrogens with zero attached hydrogens (tertiary/aromatic N) is 3. The second kappa shape index (κ2) is 5.83. The van der Waals surface area contributed by atoms with E-state index < -0.39 is 11.5 Å². The quantitative estimate of drug-likeness (QED) is 0.854. The highest BCUT2D eigenvalue weighted by Crippen LogP contribution is 2.49. The van der Waals surface area contributed by atoms with E-state index in [9.17, 15) is 10.1 Å². The topological polar surface area (TPSA) is 108 Å². The minimum atomic E-state index is -0.829. The van der Waals surface area contributed by atoms with Crippen LogP contribution in [0.15, 0.2) is 41.4 Å². The fourth-order valence-electron chi connectivity index (χ4n) is 3.80. The maximum absolute atomic E-state index is 13.2. The Labute approximate surface area is 162 Å². The number of carbonyl (C=O) groups is 1. The molecule has 27 heavy (non-hydrogen) atoms. The van der Waals surface area contributed by atoms with Crippen LogP contribution in [0.2, 0.25) is 0 Å². The summed E-state index contributed by atoms with van der Waals surface area (Å²) in [7, 11) is 1.64. The molecule has 1 amide bonds. The molecule has 1 aromatic heterocycles. The molecular weight excluding hydrogens is 358 g/mol. The molecular formula is C20H21N5OS. The molecule has 0 bridgehead atoms. The van der Waals surface area contributed by atoms with Gasteiger partial charge in [0.15, 0.2) is 5.96 Å². The van der Waals surface area contributed by atoms with Gasteiger partial charge in [-0.2, -0.15) is 5.26 Å². The van der Waals surface area contributed by atoms with E-state index in [1.165, 1.54) is 16.2 Å². The lowest BCUT2D eigenvalue weighted by Crippen LogP contribution is -2.52. The Morgan fingerprint density at radius 3 is 2.41 bits per heavy atom. The van der Waals surface area contributed by atoms with Crippen molar-refractivity contribution in [3.63, 3.8) is 0 Å². The Morgan fingerprint density at radius 2 is 1.89 bits per heavy atom. The van der Waals surface area contributed by atoms with E-state index in [1.54, 1.807) is 7.05 Å². The Hall–Kier alpha value is -2.85. The van der Waals surface area contributed by atoms with E-state index in [0.717, 1.165) is 28.8 Å². The second-order valence-corrected chi connectivity index (χ2v) is 8.58. The van der Waals surface area contributed by atoms with Gasteiger partial charge in [0.2, 0.25) is 5.91 Å². The minimum absolute atomic E-state index is 0.105. The van der Waals surface area contributed by atoms with Crippen LogP contribution in [0.25, 0.3) is 0 Å². The van der Waals surface area contributed by atoms with Gasteiger partial charge in [0.05, 0.1) is 22.4 Å². The number of thiophene rings is 1. The highest BCUT2D eigenvalue weighted by atomic mass is 32.1. The van der Waals surface area contributed by atoms with Crippen LogP contribution < -0.4 is 11.5 Å². The van der Waals surface area contributed by atoms with E-state index in [2.05, 4.69) is 11.1 Å². The fourth-order valence-corrected chi connectivity index (χ4v) is 4.69. The normalized spacial score (nSPS) is 26.4. The summed E-state index contributed by atoms with van der Waals surface area (Å²) in [5, 5.41) is 10.1. The molecule has 0 unspecified atom stereocenters. The monoisotopic (exact) mass is 379 g/mol. The van der Waals surface area contributed by atoms with E-state index in [4.69, 9.17) is 11.5 Å². The van der Waals surface area contributed by atoms with Crippen molar-refractivity contribution in [3.8, 4) is 6.07 Å². The van der Waals surface area contributed by atoms with Crippen molar-refractivity contribution in [2.24, 2.45) is 10.7 Å². The zero-order valence-corrected chi connectivity index (χ0v) is 16.1. The molecule has 0 spiro atoms. The van der Waals surface area contributed by atoms with Gasteiger partial charge in [-0.05, 0) is 43.0 Å². The maximum atomic E-state index is 13.2. The summed E-state index contributed by atoms with van der Waals surface area (Å²) >= 11 is 1.42. The molecule has 4 N–H and O–H groups in total. The molecule has 2 heterocycles. The van der Waals surface area contributed by atoms with Crippen LogP contribution in [0.4, 0.5) is 5.00 Å². The van der Waals surface area contributed by atoms with Crippen molar-refractivity contribution in [2.75, 3.05) is 12.8 Å². The number of nitrogen functional groups attached to an aromatic ring is 1. The first-order valence-electron chi connectivity index (χ1n) is 8.81. The molecule has 1 fully saturated rings. The fraction of sp³-hybridized carbons (Fsp3) is 0.350. The van der Waals surface area contributed by atoms with Crippen molar-refractivity contribution < 1.29 is 4.79 Å². The summed E-state index contributed by atoms with van der Waals surface area (Å²) in [5.74, 6) is -0.422. The second-order valence-electron chi connectivity index (χ2n) is 7.47. The molecule has 0 saturated heterocycles. The summed E-state index contributed by atoms with van der Waals surface area (Å²) in [4.78, 5) is 20.2. The molecule has 2 aliphatic rings. The van der Waals surface area contributed by atoms with E-state index in [-0.39, 0.29) is 17.3 Å². The third kappa shape index (κ3) is 2.60. The van der Waals surface area contributed by atoms with Crippen molar-refractivity contribution in [1.29, 1.82) is 5.26 Å².